The van der Waals surface area contributed by atoms with Gasteiger partial charge >= 0.3 is 0 Å². The molecule has 0 heterocycles. The first-order valence-corrected chi connectivity index (χ1v) is 5.54. The summed E-state index contributed by atoms with van der Waals surface area (Å²) in [5, 5.41) is 12.4. The molecule has 0 aromatic heterocycles. The minimum Gasteiger partial charge on any atom is -0.393 e. The zero-order chi connectivity index (χ0) is 11.3. The second kappa shape index (κ2) is 5.89. The van der Waals surface area contributed by atoms with Gasteiger partial charge in [0.05, 0.1) is 6.10 Å². The average molecular weight is 207 g/mol. The van der Waals surface area contributed by atoms with Crippen molar-refractivity contribution < 1.29 is 5.11 Å². The van der Waals surface area contributed by atoms with Crippen molar-refractivity contribution in [3.8, 4) is 0 Å². The molecule has 2 heteroatoms. The maximum absolute atomic E-state index is 9.10. The Hall–Kier alpha value is -0.860. The molecule has 15 heavy (non-hydrogen) atoms. The molecule has 0 aliphatic rings. The minimum atomic E-state index is -0.211. The molecule has 0 unspecified atom stereocenters. The average Bonchev–Trinajstić information content (AvgIpc) is 2.14. The summed E-state index contributed by atoms with van der Waals surface area (Å²) >= 11 is 0. The third kappa shape index (κ3) is 4.45. The predicted molar refractivity (Wildman–Crippen MR) is 63.9 cm³/mol. The molecular formula is C13H21NO. The number of hydrogen-bond donors (Lipinski definition) is 2. The van der Waals surface area contributed by atoms with E-state index in [1.807, 2.05) is 6.92 Å². The van der Waals surface area contributed by atoms with Crippen LogP contribution in [0, 0.1) is 13.8 Å². The summed E-state index contributed by atoms with van der Waals surface area (Å²) in [6, 6.07) is 6.50. The Morgan fingerprint density at radius 1 is 1.33 bits per heavy atom. The molecule has 84 valence electrons. The summed E-state index contributed by atoms with van der Waals surface area (Å²) in [7, 11) is 0. The van der Waals surface area contributed by atoms with Crippen molar-refractivity contribution in [3.05, 3.63) is 34.9 Å². The van der Waals surface area contributed by atoms with Gasteiger partial charge in [0.15, 0.2) is 0 Å². The molecule has 1 aromatic carbocycles. The third-order valence-electron chi connectivity index (χ3n) is 2.55. The fraction of sp³-hybridized carbons (Fsp3) is 0.538. The Morgan fingerprint density at radius 2 is 2.07 bits per heavy atom. The van der Waals surface area contributed by atoms with Crippen LogP contribution < -0.4 is 5.32 Å². The lowest BCUT2D eigenvalue weighted by Crippen LogP contribution is -2.19. The van der Waals surface area contributed by atoms with Crippen LogP contribution in [0.1, 0.15) is 30.0 Å². The number of benzene rings is 1. The molecule has 2 nitrogen and oxygen atoms in total. The van der Waals surface area contributed by atoms with Gasteiger partial charge in [0, 0.05) is 6.54 Å². The van der Waals surface area contributed by atoms with E-state index in [1.54, 1.807) is 0 Å². The summed E-state index contributed by atoms with van der Waals surface area (Å²) in [6.45, 7) is 7.82. The van der Waals surface area contributed by atoms with Crippen LogP contribution in [0.5, 0.6) is 0 Å². The Bertz CT molecular complexity index is 307. The quantitative estimate of drug-likeness (QED) is 0.725. The van der Waals surface area contributed by atoms with Gasteiger partial charge in [-0.15, -0.1) is 0 Å². The molecule has 0 fully saturated rings. The maximum Gasteiger partial charge on any atom is 0.0524 e. The number of aryl methyl sites for hydroxylation is 2. The highest BCUT2D eigenvalue weighted by Crippen LogP contribution is 2.09. The molecule has 0 bridgehead atoms. The molecule has 1 atom stereocenters. The summed E-state index contributed by atoms with van der Waals surface area (Å²) in [5.74, 6) is 0. The molecular weight excluding hydrogens is 186 g/mol. The maximum atomic E-state index is 9.10. The van der Waals surface area contributed by atoms with E-state index in [0.717, 1.165) is 19.5 Å². The van der Waals surface area contributed by atoms with E-state index in [0.29, 0.717) is 0 Å². The van der Waals surface area contributed by atoms with Crippen molar-refractivity contribution in [2.45, 2.75) is 39.8 Å². The Labute approximate surface area is 92.3 Å². The van der Waals surface area contributed by atoms with Crippen molar-refractivity contribution in [2.24, 2.45) is 0 Å². The topological polar surface area (TPSA) is 32.3 Å². The molecule has 0 saturated carbocycles. The lowest BCUT2D eigenvalue weighted by atomic mass is 10.1. The Morgan fingerprint density at radius 3 is 2.67 bits per heavy atom. The molecule has 0 saturated heterocycles. The Balaban J connectivity index is 2.37. The zero-order valence-corrected chi connectivity index (χ0v) is 9.88. The lowest BCUT2D eigenvalue weighted by molar-refractivity contribution is 0.183. The monoisotopic (exact) mass is 207 g/mol. The van der Waals surface area contributed by atoms with Crippen molar-refractivity contribution >= 4 is 0 Å². The van der Waals surface area contributed by atoms with Crippen molar-refractivity contribution in [3.63, 3.8) is 0 Å². The van der Waals surface area contributed by atoms with Gasteiger partial charge in [-0.05, 0) is 44.9 Å². The third-order valence-corrected chi connectivity index (χ3v) is 2.55. The van der Waals surface area contributed by atoms with Crippen LogP contribution in [0.2, 0.25) is 0 Å². The van der Waals surface area contributed by atoms with E-state index in [4.69, 9.17) is 5.11 Å². The number of nitrogens with one attached hydrogen (secondary N) is 1. The van der Waals surface area contributed by atoms with Crippen LogP contribution in [0.3, 0.4) is 0 Å². The van der Waals surface area contributed by atoms with Gasteiger partial charge in [-0.3, -0.25) is 0 Å². The van der Waals surface area contributed by atoms with Crippen LogP contribution >= 0.6 is 0 Å². The Kier molecular flexibility index (Phi) is 4.79. The first-order chi connectivity index (χ1) is 7.09. The van der Waals surface area contributed by atoms with Crippen LogP contribution in [0.25, 0.3) is 0 Å². The van der Waals surface area contributed by atoms with E-state index in [1.165, 1.54) is 16.7 Å². The van der Waals surface area contributed by atoms with Gasteiger partial charge in [-0.25, -0.2) is 0 Å². The van der Waals surface area contributed by atoms with E-state index < -0.39 is 0 Å². The predicted octanol–water partition coefficient (Wildman–Crippen LogP) is 2.16. The number of hydrogen-bond acceptors (Lipinski definition) is 2. The number of aliphatic hydroxyl groups excluding tert-OH is 1. The number of aliphatic hydroxyl groups is 1. The fourth-order valence-corrected chi connectivity index (χ4v) is 1.58. The summed E-state index contributed by atoms with van der Waals surface area (Å²) in [4.78, 5) is 0. The first kappa shape index (κ1) is 12.2. The van der Waals surface area contributed by atoms with Gasteiger partial charge in [-0.1, -0.05) is 23.8 Å². The SMILES string of the molecule is Cc1ccc(CNCC[C@H](C)O)c(C)c1. The molecule has 1 aromatic rings. The van der Waals surface area contributed by atoms with Gasteiger partial charge in [0.1, 0.15) is 0 Å². The van der Waals surface area contributed by atoms with Crippen LogP contribution in [0.4, 0.5) is 0 Å². The molecule has 0 aliphatic carbocycles. The fourth-order valence-electron chi connectivity index (χ4n) is 1.58. The summed E-state index contributed by atoms with van der Waals surface area (Å²) < 4.78 is 0. The van der Waals surface area contributed by atoms with Gasteiger partial charge in [-0.2, -0.15) is 0 Å². The standard InChI is InChI=1S/C13H21NO/c1-10-4-5-13(11(2)8-10)9-14-7-6-12(3)15/h4-5,8,12,14-15H,6-7,9H2,1-3H3/t12-/m0/s1. The molecule has 0 amide bonds. The summed E-state index contributed by atoms with van der Waals surface area (Å²) in [5.41, 5.74) is 3.98. The van der Waals surface area contributed by atoms with Crippen molar-refractivity contribution in [1.82, 2.24) is 5.32 Å². The minimum absolute atomic E-state index is 0.211. The van der Waals surface area contributed by atoms with Gasteiger partial charge in [0.25, 0.3) is 0 Å². The molecule has 0 radical (unpaired) electrons. The van der Waals surface area contributed by atoms with Crippen molar-refractivity contribution in [1.29, 1.82) is 0 Å². The number of rotatable bonds is 5. The van der Waals surface area contributed by atoms with Crippen LogP contribution in [0.15, 0.2) is 18.2 Å². The zero-order valence-electron chi connectivity index (χ0n) is 9.88. The smallest absolute Gasteiger partial charge is 0.0524 e. The summed E-state index contributed by atoms with van der Waals surface area (Å²) in [6.07, 6.45) is 0.599. The highest BCUT2D eigenvalue weighted by atomic mass is 16.3. The second-order valence-corrected chi connectivity index (χ2v) is 4.24. The van der Waals surface area contributed by atoms with E-state index in [2.05, 4.69) is 37.4 Å². The van der Waals surface area contributed by atoms with Gasteiger partial charge < -0.3 is 10.4 Å². The molecule has 2 N–H and O–H groups in total. The molecule has 0 spiro atoms. The van der Waals surface area contributed by atoms with Gasteiger partial charge in [0.2, 0.25) is 0 Å². The normalized spacial score (nSPS) is 12.8. The largest absolute Gasteiger partial charge is 0.393 e. The second-order valence-electron chi connectivity index (χ2n) is 4.24. The van der Waals surface area contributed by atoms with Crippen molar-refractivity contribution in [2.75, 3.05) is 6.54 Å². The van der Waals surface area contributed by atoms with Crippen LogP contribution in [-0.2, 0) is 6.54 Å². The lowest BCUT2D eigenvalue weighted by Gasteiger charge is -2.09. The van der Waals surface area contributed by atoms with Crippen LogP contribution in [-0.4, -0.2) is 17.8 Å². The van der Waals surface area contributed by atoms with E-state index in [-0.39, 0.29) is 6.10 Å². The molecule has 0 aliphatic heterocycles. The molecule has 1 rings (SSSR count). The highest BCUT2D eigenvalue weighted by molar-refractivity contribution is 5.30. The van der Waals surface area contributed by atoms with E-state index >= 15 is 0 Å². The van der Waals surface area contributed by atoms with E-state index in [9.17, 15) is 0 Å². The first-order valence-electron chi connectivity index (χ1n) is 5.54. The highest BCUT2D eigenvalue weighted by Gasteiger charge is 1.99.